The van der Waals surface area contributed by atoms with Crippen molar-refractivity contribution in [3.05, 3.63) is 58.9 Å². The van der Waals surface area contributed by atoms with Crippen LogP contribution in [0.25, 0.3) is 0 Å². The van der Waals surface area contributed by atoms with E-state index in [4.69, 9.17) is 9.47 Å². The molecule has 0 aromatic heterocycles. The summed E-state index contributed by atoms with van der Waals surface area (Å²) in [7, 11) is 0. The Morgan fingerprint density at radius 2 is 1.52 bits per heavy atom. The molecule has 4 nitrogen and oxygen atoms in total. The SMILES string of the molecule is O=C(OCc1c(F)c(F)c(F)c(F)c1F)[C@@H]1COc2ccccc2O1. The number of carbonyl (C=O) groups is 1. The van der Waals surface area contributed by atoms with Gasteiger partial charge in [0.1, 0.15) is 13.2 Å². The highest BCUT2D eigenvalue weighted by Gasteiger charge is 2.31. The lowest BCUT2D eigenvalue weighted by atomic mass is 10.2. The summed E-state index contributed by atoms with van der Waals surface area (Å²) in [5.74, 6) is -11.1. The fourth-order valence-corrected chi connectivity index (χ4v) is 2.15. The standard InChI is InChI=1S/C16H9F5O4/c17-11-7(12(18)14(20)15(21)13(11)19)5-24-16(22)10-6-23-8-3-1-2-4-9(8)25-10/h1-4,10H,5-6H2/t10-/m0/s1. The van der Waals surface area contributed by atoms with Gasteiger partial charge in [-0.25, -0.2) is 26.7 Å². The number of hydrogen-bond donors (Lipinski definition) is 0. The number of hydrogen-bond acceptors (Lipinski definition) is 4. The van der Waals surface area contributed by atoms with Crippen LogP contribution in [0.4, 0.5) is 22.0 Å². The molecule has 0 saturated heterocycles. The minimum Gasteiger partial charge on any atom is -0.485 e. The van der Waals surface area contributed by atoms with Crippen LogP contribution in [0.1, 0.15) is 5.56 Å². The first-order valence-electron chi connectivity index (χ1n) is 6.95. The summed E-state index contributed by atoms with van der Waals surface area (Å²) in [6, 6.07) is 6.44. The molecular formula is C16H9F5O4. The Labute approximate surface area is 137 Å². The molecule has 1 atom stereocenters. The Balaban J connectivity index is 1.72. The minimum absolute atomic E-state index is 0.229. The van der Waals surface area contributed by atoms with Crippen molar-refractivity contribution < 1.29 is 41.0 Å². The zero-order valence-corrected chi connectivity index (χ0v) is 12.3. The molecule has 9 heteroatoms. The first-order valence-corrected chi connectivity index (χ1v) is 6.95. The third-order valence-corrected chi connectivity index (χ3v) is 3.43. The Morgan fingerprint density at radius 3 is 2.16 bits per heavy atom. The highest BCUT2D eigenvalue weighted by molar-refractivity contribution is 5.76. The second-order valence-corrected chi connectivity index (χ2v) is 5.02. The van der Waals surface area contributed by atoms with E-state index in [2.05, 4.69) is 4.74 Å². The van der Waals surface area contributed by atoms with Crippen molar-refractivity contribution in [1.29, 1.82) is 0 Å². The number of halogens is 5. The van der Waals surface area contributed by atoms with Gasteiger partial charge in [0.25, 0.3) is 0 Å². The van der Waals surface area contributed by atoms with Crippen LogP contribution in [-0.2, 0) is 16.1 Å². The van der Waals surface area contributed by atoms with Crippen molar-refractivity contribution in [3.8, 4) is 11.5 Å². The van der Waals surface area contributed by atoms with E-state index in [1.807, 2.05) is 0 Å². The van der Waals surface area contributed by atoms with Gasteiger partial charge in [-0.15, -0.1) is 0 Å². The molecule has 0 N–H and O–H groups in total. The van der Waals surface area contributed by atoms with Gasteiger partial charge in [0, 0.05) is 0 Å². The molecule has 0 spiro atoms. The maximum absolute atomic E-state index is 13.5. The predicted octanol–water partition coefficient (Wildman–Crippen LogP) is 3.27. The van der Waals surface area contributed by atoms with E-state index in [-0.39, 0.29) is 12.4 Å². The van der Waals surface area contributed by atoms with E-state index < -0.39 is 53.3 Å². The molecular weight excluding hydrogens is 351 g/mol. The van der Waals surface area contributed by atoms with Crippen LogP contribution in [-0.4, -0.2) is 18.7 Å². The zero-order chi connectivity index (χ0) is 18.1. The minimum atomic E-state index is -2.29. The Morgan fingerprint density at radius 1 is 0.960 bits per heavy atom. The molecule has 3 rings (SSSR count). The second kappa shape index (κ2) is 6.58. The van der Waals surface area contributed by atoms with Crippen molar-refractivity contribution in [2.24, 2.45) is 0 Å². The number of fused-ring (bicyclic) bond motifs is 1. The summed E-state index contributed by atoms with van der Waals surface area (Å²) in [5.41, 5.74) is -1.25. The molecule has 0 bridgehead atoms. The molecule has 0 unspecified atom stereocenters. The predicted molar refractivity (Wildman–Crippen MR) is 72.4 cm³/mol. The number of carbonyl (C=O) groups excluding carboxylic acids is 1. The molecule has 2 aromatic carbocycles. The summed E-state index contributed by atoms with van der Waals surface area (Å²) in [6.45, 7) is -1.38. The van der Waals surface area contributed by atoms with Crippen LogP contribution >= 0.6 is 0 Å². The summed E-state index contributed by atoms with van der Waals surface area (Å²) in [4.78, 5) is 11.9. The maximum atomic E-state index is 13.5. The van der Waals surface area contributed by atoms with E-state index >= 15 is 0 Å². The van der Waals surface area contributed by atoms with E-state index in [1.54, 1.807) is 18.2 Å². The smallest absolute Gasteiger partial charge is 0.351 e. The van der Waals surface area contributed by atoms with Crippen molar-refractivity contribution in [2.75, 3.05) is 6.61 Å². The molecule has 1 aliphatic heterocycles. The van der Waals surface area contributed by atoms with Gasteiger partial charge in [-0.2, -0.15) is 0 Å². The highest BCUT2D eigenvalue weighted by atomic mass is 19.2. The van der Waals surface area contributed by atoms with Gasteiger partial charge in [0.05, 0.1) is 5.56 Å². The van der Waals surface area contributed by atoms with Crippen LogP contribution in [0, 0.1) is 29.1 Å². The average Bonchev–Trinajstić information content (AvgIpc) is 2.64. The van der Waals surface area contributed by atoms with Crippen molar-refractivity contribution >= 4 is 5.97 Å². The van der Waals surface area contributed by atoms with Crippen LogP contribution in [0.3, 0.4) is 0 Å². The molecule has 1 aliphatic rings. The summed E-state index contributed by atoms with van der Waals surface area (Å²) >= 11 is 0. The van der Waals surface area contributed by atoms with Gasteiger partial charge in [-0.3, -0.25) is 0 Å². The fourth-order valence-electron chi connectivity index (χ4n) is 2.15. The third kappa shape index (κ3) is 3.09. The average molecular weight is 360 g/mol. The van der Waals surface area contributed by atoms with Crippen molar-refractivity contribution in [2.45, 2.75) is 12.7 Å². The van der Waals surface area contributed by atoms with Crippen LogP contribution in [0.15, 0.2) is 24.3 Å². The number of esters is 1. The molecule has 0 radical (unpaired) electrons. The summed E-state index contributed by atoms with van der Waals surface area (Å²) in [6.07, 6.45) is -1.24. The summed E-state index contributed by atoms with van der Waals surface area (Å²) < 4.78 is 81.4. The molecule has 0 saturated carbocycles. The van der Waals surface area contributed by atoms with Crippen molar-refractivity contribution in [1.82, 2.24) is 0 Å². The molecule has 2 aromatic rings. The maximum Gasteiger partial charge on any atom is 0.351 e. The van der Waals surface area contributed by atoms with Crippen LogP contribution in [0.5, 0.6) is 11.5 Å². The topological polar surface area (TPSA) is 44.8 Å². The van der Waals surface area contributed by atoms with E-state index in [0.29, 0.717) is 5.75 Å². The molecule has 0 aliphatic carbocycles. The number of para-hydroxylation sites is 2. The molecule has 132 valence electrons. The lowest BCUT2D eigenvalue weighted by molar-refractivity contribution is -0.156. The first-order chi connectivity index (χ1) is 11.9. The normalized spacial score (nSPS) is 15.8. The second-order valence-electron chi connectivity index (χ2n) is 5.02. The Kier molecular flexibility index (Phi) is 4.47. The third-order valence-electron chi connectivity index (χ3n) is 3.43. The van der Waals surface area contributed by atoms with Gasteiger partial charge in [0.2, 0.25) is 11.9 Å². The fraction of sp³-hybridized carbons (Fsp3) is 0.188. The van der Waals surface area contributed by atoms with Crippen LogP contribution in [0.2, 0.25) is 0 Å². The quantitative estimate of drug-likeness (QED) is 0.365. The van der Waals surface area contributed by atoms with Gasteiger partial charge < -0.3 is 14.2 Å². The van der Waals surface area contributed by atoms with E-state index in [1.165, 1.54) is 6.07 Å². The van der Waals surface area contributed by atoms with Crippen LogP contribution < -0.4 is 9.47 Å². The van der Waals surface area contributed by atoms with Gasteiger partial charge >= 0.3 is 5.97 Å². The Hall–Kier alpha value is -2.84. The largest absolute Gasteiger partial charge is 0.485 e. The molecule has 0 fully saturated rings. The lowest BCUT2D eigenvalue weighted by Crippen LogP contribution is -2.37. The first kappa shape index (κ1) is 17.0. The number of benzene rings is 2. The zero-order valence-electron chi connectivity index (χ0n) is 12.3. The van der Waals surface area contributed by atoms with E-state index in [0.717, 1.165) is 0 Å². The molecule has 25 heavy (non-hydrogen) atoms. The van der Waals surface area contributed by atoms with E-state index in [9.17, 15) is 26.7 Å². The van der Waals surface area contributed by atoms with Gasteiger partial charge in [0.15, 0.2) is 34.8 Å². The highest BCUT2D eigenvalue weighted by Crippen LogP contribution is 2.31. The van der Waals surface area contributed by atoms with Gasteiger partial charge in [-0.1, -0.05) is 12.1 Å². The number of ether oxygens (including phenoxy) is 3. The Bertz CT molecular complexity index is 811. The van der Waals surface area contributed by atoms with Gasteiger partial charge in [-0.05, 0) is 12.1 Å². The summed E-state index contributed by atoms with van der Waals surface area (Å²) in [5, 5.41) is 0. The number of rotatable bonds is 3. The monoisotopic (exact) mass is 360 g/mol. The molecule has 1 heterocycles. The van der Waals surface area contributed by atoms with Crippen molar-refractivity contribution in [3.63, 3.8) is 0 Å². The lowest BCUT2D eigenvalue weighted by Gasteiger charge is -2.25. The molecule has 0 amide bonds.